The fraction of sp³-hybridized carbons (Fsp3) is 0.333. The van der Waals surface area contributed by atoms with Crippen molar-refractivity contribution in [2.75, 3.05) is 32.1 Å². The molecule has 0 aliphatic heterocycles. The minimum absolute atomic E-state index is 0.00236. The van der Waals surface area contributed by atoms with Crippen LogP contribution in [0.2, 0.25) is 5.02 Å². The maximum Gasteiger partial charge on any atom is 0.412 e. The van der Waals surface area contributed by atoms with Crippen LogP contribution in [0.3, 0.4) is 0 Å². The maximum absolute atomic E-state index is 13.7. The molecule has 3 amide bonds. The van der Waals surface area contributed by atoms with Crippen molar-refractivity contribution in [2.24, 2.45) is 5.73 Å². The van der Waals surface area contributed by atoms with Gasteiger partial charge in [0.2, 0.25) is 11.8 Å². The number of amides is 3. The van der Waals surface area contributed by atoms with E-state index in [9.17, 15) is 18.8 Å². The zero-order chi connectivity index (χ0) is 27.5. The van der Waals surface area contributed by atoms with Gasteiger partial charge in [0.05, 0.1) is 17.6 Å². The smallest absolute Gasteiger partial charge is 0.412 e. The number of anilines is 1. The first kappa shape index (κ1) is 28.8. The molecule has 1 atom stereocenters. The van der Waals surface area contributed by atoms with Crippen molar-refractivity contribution in [3.8, 4) is 0 Å². The lowest BCUT2D eigenvalue weighted by Gasteiger charge is -2.28. The number of carbonyl (C=O) groups excluding carboxylic acids is 3. The van der Waals surface area contributed by atoms with Gasteiger partial charge in [-0.15, -0.1) is 0 Å². The molecule has 38 heavy (non-hydrogen) atoms. The monoisotopic (exact) mass is 543 g/mol. The third kappa shape index (κ3) is 8.39. The highest BCUT2D eigenvalue weighted by atomic mass is 35.5. The third-order valence-corrected chi connectivity index (χ3v) is 6.49. The number of nitrogens with zero attached hydrogens (tertiary/aromatic N) is 2. The van der Waals surface area contributed by atoms with Gasteiger partial charge in [-0.05, 0) is 42.3 Å². The predicted octanol–water partition coefficient (Wildman–Crippen LogP) is 3.89. The van der Waals surface area contributed by atoms with Gasteiger partial charge >= 0.3 is 6.09 Å². The summed E-state index contributed by atoms with van der Waals surface area (Å²) in [4.78, 5) is 42.6. The molecule has 9 nitrogen and oxygen atoms in total. The minimum atomic E-state index is -0.707. The standard InChI is InChI=1S/C27H31ClFN5O4/c1-34(25(36)12-11-18-8-4-10-22(29)26(18)28)21(9-5-13-31-24(35)15-30)17-38-27(37)33-23-14-19-6-2-3-7-20(19)16-32-23/h2-4,6-8,10,14,16,21H,5,9,11-13,15,17,30H2,1H3,(H,31,35)(H,32,33,37)/t21-/m0/s1. The summed E-state index contributed by atoms with van der Waals surface area (Å²) >= 11 is 6.01. The Balaban J connectivity index is 1.59. The number of likely N-dealkylation sites (N-methyl/N-ethyl adjacent to an activating group) is 1. The summed E-state index contributed by atoms with van der Waals surface area (Å²) in [6.45, 7) is 0.171. The molecule has 0 saturated heterocycles. The Morgan fingerprint density at radius 2 is 1.92 bits per heavy atom. The number of nitrogens with one attached hydrogen (secondary N) is 2. The van der Waals surface area contributed by atoms with Crippen molar-refractivity contribution in [2.45, 2.75) is 31.7 Å². The van der Waals surface area contributed by atoms with Crippen LogP contribution in [0.15, 0.2) is 54.7 Å². The molecule has 1 heterocycles. The Hall–Kier alpha value is -3.76. The van der Waals surface area contributed by atoms with Crippen LogP contribution in [0.5, 0.6) is 0 Å². The number of aromatic nitrogens is 1. The molecule has 0 fully saturated rings. The summed E-state index contributed by atoms with van der Waals surface area (Å²) in [5, 5.41) is 7.14. The number of rotatable bonds is 12. The Labute approximate surface area is 225 Å². The number of pyridine rings is 1. The van der Waals surface area contributed by atoms with Gasteiger partial charge in [-0.1, -0.05) is 48.0 Å². The lowest BCUT2D eigenvalue weighted by Crippen LogP contribution is -2.41. The molecule has 0 unspecified atom stereocenters. The fourth-order valence-corrected chi connectivity index (χ4v) is 4.07. The SMILES string of the molecule is CN(C(=O)CCc1cccc(F)c1Cl)[C@@H](CCCNC(=O)CN)COC(=O)Nc1cc2ccccc2cn1. The molecule has 0 aliphatic carbocycles. The molecule has 0 saturated carbocycles. The number of aryl methyl sites for hydroxylation is 1. The number of carbonyl (C=O) groups is 3. The third-order valence-electron chi connectivity index (χ3n) is 6.07. The highest BCUT2D eigenvalue weighted by Crippen LogP contribution is 2.21. The summed E-state index contributed by atoms with van der Waals surface area (Å²) in [5.74, 6) is -0.702. The van der Waals surface area contributed by atoms with Crippen LogP contribution in [0, 0.1) is 5.82 Å². The average Bonchev–Trinajstić information content (AvgIpc) is 2.92. The molecular weight excluding hydrogens is 513 g/mol. The first-order valence-corrected chi connectivity index (χ1v) is 12.6. The zero-order valence-corrected chi connectivity index (χ0v) is 21.8. The molecule has 3 rings (SSSR count). The maximum atomic E-state index is 13.7. The summed E-state index contributed by atoms with van der Waals surface area (Å²) in [6, 6.07) is 13.4. The molecule has 2 aromatic carbocycles. The number of ether oxygens (including phenoxy) is 1. The molecular formula is C27H31ClFN5O4. The van der Waals surface area contributed by atoms with Crippen LogP contribution in [0.1, 0.15) is 24.8 Å². The predicted molar refractivity (Wildman–Crippen MR) is 144 cm³/mol. The molecule has 11 heteroatoms. The van der Waals surface area contributed by atoms with E-state index < -0.39 is 18.0 Å². The molecule has 4 N–H and O–H groups in total. The van der Waals surface area contributed by atoms with Gasteiger partial charge in [0.25, 0.3) is 0 Å². The topological polar surface area (TPSA) is 127 Å². The van der Waals surface area contributed by atoms with E-state index in [1.165, 1.54) is 11.0 Å². The average molecular weight is 544 g/mol. The largest absolute Gasteiger partial charge is 0.447 e. The fourth-order valence-electron chi connectivity index (χ4n) is 3.85. The number of hydrogen-bond acceptors (Lipinski definition) is 6. The highest BCUT2D eigenvalue weighted by Gasteiger charge is 2.22. The first-order valence-electron chi connectivity index (χ1n) is 12.2. The van der Waals surface area contributed by atoms with Gasteiger partial charge in [-0.3, -0.25) is 14.9 Å². The highest BCUT2D eigenvalue weighted by molar-refractivity contribution is 6.31. The second kappa shape index (κ2) is 14.3. The molecule has 202 valence electrons. The van der Waals surface area contributed by atoms with Gasteiger partial charge in [0, 0.05) is 31.6 Å². The van der Waals surface area contributed by atoms with Crippen LogP contribution < -0.4 is 16.4 Å². The Morgan fingerprint density at radius 3 is 2.68 bits per heavy atom. The lowest BCUT2D eigenvalue weighted by molar-refractivity contribution is -0.133. The Bertz CT molecular complexity index is 1280. The normalized spacial score (nSPS) is 11.6. The molecule has 0 aliphatic rings. The summed E-state index contributed by atoms with van der Waals surface area (Å²) in [7, 11) is 1.62. The van der Waals surface area contributed by atoms with Crippen LogP contribution in [0.25, 0.3) is 10.8 Å². The van der Waals surface area contributed by atoms with Crippen LogP contribution >= 0.6 is 11.6 Å². The van der Waals surface area contributed by atoms with Gasteiger partial charge < -0.3 is 20.7 Å². The van der Waals surface area contributed by atoms with Gasteiger partial charge in [0.15, 0.2) is 0 Å². The van der Waals surface area contributed by atoms with E-state index in [2.05, 4.69) is 15.6 Å². The first-order chi connectivity index (χ1) is 18.3. The van der Waals surface area contributed by atoms with Gasteiger partial charge in [0.1, 0.15) is 18.2 Å². The molecule has 3 aromatic rings. The van der Waals surface area contributed by atoms with Gasteiger partial charge in [-0.25, -0.2) is 14.2 Å². The zero-order valence-electron chi connectivity index (χ0n) is 21.1. The Kier molecular flexibility index (Phi) is 10.8. The van der Waals surface area contributed by atoms with Crippen molar-refractivity contribution in [3.05, 3.63) is 71.1 Å². The second-order valence-electron chi connectivity index (χ2n) is 8.71. The van der Waals surface area contributed by atoms with E-state index in [0.29, 0.717) is 30.8 Å². The van der Waals surface area contributed by atoms with E-state index >= 15 is 0 Å². The summed E-state index contributed by atoms with van der Waals surface area (Å²) < 4.78 is 19.2. The van der Waals surface area contributed by atoms with Crippen molar-refractivity contribution < 1.29 is 23.5 Å². The minimum Gasteiger partial charge on any atom is -0.447 e. The quantitative estimate of drug-likeness (QED) is 0.297. The molecule has 0 bridgehead atoms. The van der Waals surface area contributed by atoms with E-state index in [1.54, 1.807) is 31.4 Å². The van der Waals surface area contributed by atoms with E-state index in [-0.39, 0.29) is 42.8 Å². The summed E-state index contributed by atoms with van der Waals surface area (Å²) in [5.41, 5.74) is 5.85. The lowest BCUT2D eigenvalue weighted by atomic mass is 10.1. The van der Waals surface area contributed by atoms with Crippen molar-refractivity contribution in [1.82, 2.24) is 15.2 Å². The molecule has 0 spiro atoms. The van der Waals surface area contributed by atoms with Crippen molar-refractivity contribution in [1.29, 1.82) is 0 Å². The number of halogens is 2. The number of nitrogens with two attached hydrogens (primary N) is 1. The van der Waals surface area contributed by atoms with Crippen LogP contribution in [-0.4, -0.2) is 60.6 Å². The summed E-state index contributed by atoms with van der Waals surface area (Å²) in [6.07, 6.45) is 2.28. The van der Waals surface area contributed by atoms with Crippen molar-refractivity contribution >= 4 is 46.1 Å². The second-order valence-corrected chi connectivity index (χ2v) is 9.09. The Morgan fingerprint density at radius 1 is 1.16 bits per heavy atom. The van der Waals surface area contributed by atoms with Crippen LogP contribution in [-0.2, 0) is 20.7 Å². The van der Waals surface area contributed by atoms with Crippen LogP contribution in [0.4, 0.5) is 15.0 Å². The molecule has 0 radical (unpaired) electrons. The van der Waals surface area contributed by atoms with E-state index in [1.807, 2.05) is 24.3 Å². The molecule has 1 aromatic heterocycles. The number of fused-ring (bicyclic) bond motifs is 1. The van der Waals surface area contributed by atoms with Gasteiger partial charge in [-0.2, -0.15) is 0 Å². The van der Waals surface area contributed by atoms with Crippen molar-refractivity contribution in [3.63, 3.8) is 0 Å². The van der Waals surface area contributed by atoms with E-state index in [0.717, 1.165) is 10.8 Å². The number of benzene rings is 2. The number of hydrogen-bond donors (Lipinski definition) is 3. The van der Waals surface area contributed by atoms with E-state index in [4.69, 9.17) is 22.1 Å².